The van der Waals surface area contributed by atoms with Gasteiger partial charge in [0.05, 0.1) is 11.4 Å². The van der Waals surface area contributed by atoms with Crippen molar-refractivity contribution in [2.75, 3.05) is 152 Å². The number of aliphatic hydroxyl groups excluding tert-OH is 4. The average molecular weight is 1850 g/mol. The van der Waals surface area contributed by atoms with Gasteiger partial charge in [-0.2, -0.15) is 19.9 Å². The van der Waals surface area contributed by atoms with Gasteiger partial charge < -0.3 is 67.0 Å². The van der Waals surface area contributed by atoms with Crippen molar-refractivity contribution in [1.29, 1.82) is 0 Å². The second kappa shape index (κ2) is 53.7. The number of hydrogen-bond acceptors (Lipinski definition) is 26. The molecule has 6 fully saturated rings. The first-order valence-corrected chi connectivity index (χ1v) is 51.2. The van der Waals surface area contributed by atoms with Crippen molar-refractivity contribution >= 4 is 52.9 Å². The molecule has 0 radical (unpaired) electrons. The van der Waals surface area contributed by atoms with E-state index >= 15 is 0 Å². The van der Waals surface area contributed by atoms with Crippen LogP contribution in [0.15, 0.2) is 129 Å². The van der Waals surface area contributed by atoms with Crippen LogP contribution < -0.4 is 46.6 Å². The van der Waals surface area contributed by atoms with Crippen LogP contribution in [-0.2, 0) is 19.3 Å². The molecule has 2 unspecified atom stereocenters. The fourth-order valence-electron chi connectivity index (χ4n) is 20.9. The van der Waals surface area contributed by atoms with Gasteiger partial charge in [0.25, 0.3) is 0 Å². The third-order valence-electron chi connectivity index (χ3n) is 30.7. The molecule has 27 heteroatoms. The lowest BCUT2D eigenvalue weighted by molar-refractivity contribution is 0.0844. The Balaban J connectivity index is 0.000000169. The minimum Gasteiger partial charge on any atom is -0.396 e. The number of rotatable bonds is 34. The van der Waals surface area contributed by atoms with E-state index in [1.165, 1.54) is 142 Å². The summed E-state index contributed by atoms with van der Waals surface area (Å²) in [6.07, 6.45) is 45.6. The summed E-state index contributed by atoms with van der Waals surface area (Å²) in [6, 6.07) is 34.0. The summed E-state index contributed by atoms with van der Waals surface area (Å²) >= 11 is 0. The Morgan fingerprint density at radius 3 is 1.09 bits per heavy atom. The summed E-state index contributed by atoms with van der Waals surface area (Å²) in [5, 5.41) is 38.9. The number of nitrogens with zero attached hydrogens (tertiary/aromatic N) is 19. The minimum absolute atomic E-state index is 0.0175. The van der Waals surface area contributed by atoms with Crippen molar-refractivity contribution in [3.63, 3.8) is 0 Å². The van der Waals surface area contributed by atoms with Gasteiger partial charge in [-0.15, -0.1) is 0 Å². The SMILES string of the molecule is CCC1(CCCc2ccccc2)CCCN(c2ncnc(-c3ccccc3)c2C)C1.CCC1(CCCc2ccccc2)CCCN(c2ncnc(C)c2C)C1.CCCCC1(CO)CCN(c2nc(N)nc(N)n2)CC1.CCCCC1(CO)CCN(c2nccc(N)n2)CC1.CCCCC1(CO)CCN(c2ncnc(C)c2C)CC1.CCCCC1(CO)CCN(c2ncnc(CC)c2F)CC1. The maximum Gasteiger partial charge on any atom is 0.231 e. The molecule has 2 atom stereocenters. The lowest BCUT2D eigenvalue weighted by Gasteiger charge is -2.43. The van der Waals surface area contributed by atoms with E-state index in [1.54, 1.807) is 31.2 Å². The number of nitrogen functional groups attached to an aromatic ring is 3. The van der Waals surface area contributed by atoms with Crippen LogP contribution in [0.4, 0.5) is 57.3 Å². The highest BCUT2D eigenvalue weighted by Gasteiger charge is 2.41. The summed E-state index contributed by atoms with van der Waals surface area (Å²) < 4.78 is 14.3. The average Bonchev–Trinajstić information content (AvgIpc) is 0.838. The highest BCUT2D eigenvalue weighted by molar-refractivity contribution is 5.68. The molecule has 10 N–H and O–H groups in total. The molecule has 12 heterocycles. The van der Waals surface area contributed by atoms with Crippen LogP contribution in [0, 0.1) is 72.9 Å². The first kappa shape index (κ1) is 107. The molecule has 738 valence electrons. The van der Waals surface area contributed by atoms with E-state index in [9.17, 15) is 24.8 Å². The Kier molecular flexibility index (Phi) is 42.6. The standard InChI is InChI=1S/C27H33N3.C22H31N3.C16H26FN3O.C16H27N3O.C14H24N4O.C13H24N6O/c1-3-27(17-10-14-23-12-6-4-7-13-23)18-11-19-30(20-27)26-22(2)25(28-21-29-26)24-15-8-5-9-16-24;1-4-22(13-8-12-20-10-6-5-7-11-20)14-9-15-25(16-22)21-18(2)19(3)23-17-24-21;1-3-5-6-16(11-21)7-9-20(10-8-16)15-14(17)13(4-2)18-12-19-15;1-4-5-6-16(11-20)7-9-19(10-8-16)15-13(2)14(3)17-12-18-15;1-2-3-5-14(11-19)6-9-18(10-7-14)13-16-8-4-12(15)17-13;1-2-3-4-13(9-20)5-7-19(8-6-13)12-17-10(14)16-11(15)18-12/h4-9,12-13,15-16,21H,3,10-11,14,17-20H2,1-2H3;5-7,10-11,17H,4,8-9,12-16H2,1-3H3;12,21H,3-11H2,1-2H3;12,20H,4-11H2,1-3H3;4,8,19H,2-3,5-7,9-11H2,1H3,(H2,15,16,17);20H,2-9H2,1H3,(H4,14,15,16,17,18). The quantitative estimate of drug-likeness (QED) is 0.0197. The molecular weight excluding hydrogens is 1690 g/mol. The van der Waals surface area contributed by atoms with E-state index in [2.05, 4.69) is 245 Å². The molecule has 26 nitrogen and oxygen atoms in total. The van der Waals surface area contributed by atoms with Gasteiger partial charge >= 0.3 is 0 Å². The zero-order chi connectivity index (χ0) is 96.7. The molecule has 0 aliphatic carbocycles. The van der Waals surface area contributed by atoms with E-state index in [-0.39, 0.29) is 52.6 Å². The molecule has 6 aromatic heterocycles. The van der Waals surface area contributed by atoms with E-state index < -0.39 is 0 Å². The number of halogens is 1. The summed E-state index contributed by atoms with van der Waals surface area (Å²) in [7, 11) is 0. The first-order valence-electron chi connectivity index (χ1n) is 51.2. The van der Waals surface area contributed by atoms with Gasteiger partial charge in [-0.25, -0.2) is 49.2 Å². The van der Waals surface area contributed by atoms with Gasteiger partial charge in [-0.3, -0.25) is 0 Å². The van der Waals surface area contributed by atoms with Crippen LogP contribution in [0.25, 0.3) is 11.3 Å². The van der Waals surface area contributed by atoms with Crippen LogP contribution in [0.5, 0.6) is 0 Å². The zero-order valence-electron chi connectivity index (χ0n) is 84.2. The Hall–Kier alpha value is -9.96. The number of piperidine rings is 6. The Bertz CT molecular complexity index is 4900. The minimum atomic E-state index is -0.287. The van der Waals surface area contributed by atoms with Crippen molar-refractivity contribution in [2.45, 2.75) is 295 Å². The molecular formula is C108H165FN22O4. The number of unbranched alkanes of at least 4 members (excludes halogenated alkanes) is 4. The van der Waals surface area contributed by atoms with Crippen molar-refractivity contribution < 1.29 is 24.8 Å². The Morgan fingerprint density at radius 2 is 0.696 bits per heavy atom. The number of aliphatic hydroxyl groups is 4. The predicted octanol–water partition coefficient (Wildman–Crippen LogP) is 20.0. The number of benzene rings is 3. The largest absolute Gasteiger partial charge is 0.396 e. The maximum atomic E-state index is 14.3. The predicted molar refractivity (Wildman–Crippen MR) is 551 cm³/mol. The van der Waals surface area contributed by atoms with Crippen LogP contribution in [0.1, 0.15) is 286 Å². The summed E-state index contributed by atoms with van der Waals surface area (Å²) in [6.45, 7) is 38.4. The molecule has 0 amide bonds. The van der Waals surface area contributed by atoms with E-state index in [0.717, 1.165) is 216 Å². The Labute approximate surface area is 807 Å². The molecule has 6 aliphatic rings. The molecule has 15 rings (SSSR count). The second-order valence-electron chi connectivity index (χ2n) is 39.7. The molecule has 6 aliphatic heterocycles. The number of aromatic nitrogens is 13. The molecule has 0 saturated carbocycles. The number of anilines is 9. The summed E-state index contributed by atoms with van der Waals surface area (Å²) in [5.41, 5.74) is 29.4. The van der Waals surface area contributed by atoms with Crippen molar-refractivity contribution in [3.8, 4) is 11.3 Å². The third-order valence-corrected chi connectivity index (χ3v) is 30.7. The van der Waals surface area contributed by atoms with Gasteiger partial charge in [0.2, 0.25) is 23.8 Å². The van der Waals surface area contributed by atoms with E-state index in [1.807, 2.05) is 18.7 Å². The smallest absolute Gasteiger partial charge is 0.231 e. The van der Waals surface area contributed by atoms with Gasteiger partial charge in [-0.1, -0.05) is 191 Å². The maximum absolute atomic E-state index is 14.3. The second-order valence-corrected chi connectivity index (χ2v) is 39.7. The van der Waals surface area contributed by atoms with Gasteiger partial charge in [0.15, 0.2) is 11.6 Å². The lowest BCUT2D eigenvalue weighted by atomic mass is 9.73. The molecule has 135 heavy (non-hydrogen) atoms. The van der Waals surface area contributed by atoms with Crippen molar-refractivity contribution in [3.05, 3.63) is 179 Å². The molecule has 6 saturated heterocycles. The fourth-order valence-corrected chi connectivity index (χ4v) is 20.9. The van der Waals surface area contributed by atoms with Crippen LogP contribution in [-0.4, -0.2) is 190 Å². The van der Waals surface area contributed by atoms with Gasteiger partial charge in [0.1, 0.15) is 48.6 Å². The molecule has 3 aromatic carbocycles. The monoisotopic (exact) mass is 1850 g/mol. The van der Waals surface area contributed by atoms with E-state index in [0.29, 0.717) is 59.7 Å². The topological polar surface area (TPSA) is 346 Å². The summed E-state index contributed by atoms with van der Waals surface area (Å²) in [4.78, 5) is 69.3. The van der Waals surface area contributed by atoms with E-state index in [4.69, 9.17) is 22.2 Å². The number of hydrogen-bond donors (Lipinski definition) is 7. The van der Waals surface area contributed by atoms with Crippen LogP contribution >= 0.6 is 0 Å². The molecule has 0 spiro atoms. The molecule has 0 bridgehead atoms. The van der Waals surface area contributed by atoms with Gasteiger partial charge in [-0.05, 0) is 245 Å². The van der Waals surface area contributed by atoms with Crippen LogP contribution in [0.3, 0.4) is 0 Å². The number of aryl methyl sites for hydroxylation is 5. The van der Waals surface area contributed by atoms with Gasteiger partial charge in [0, 0.05) is 145 Å². The third kappa shape index (κ3) is 30.5. The number of nitrogens with two attached hydrogens (primary N) is 3. The van der Waals surface area contributed by atoms with Crippen molar-refractivity contribution in [1.82, 2.24) is 64.8 Å². The fraction of sp³-hybridized carbons (Fsp3) is 0.620. The van der Waals surface area contributed by atoms with Crippen molar-refractivity contribution in [2.24, 2.45) is 32.5 Å². The highest BCUT2D eigenvalue weighted by atomic mass is 19.1. The molecule has 9 aromatic rings. The Morgan fingerprint density at radius 1 is 0.341 bits per heavy atom. The zero-order valence-corrected chi connectivity index (χ0v) is 84.2. The normalized spacial score (nSPS) is 18.9. The highest BCUT2D eigenvalue weighted by Crippen LogP contribution is 2.46. The van der Waals surface area contributed by atoms with Crippen LogP contribution in [0.2, 0.25) is 0 Å². The first-order chi connectivity index (χ1) is 65.4. The summed E-state index contributed by atoms with van der Waals surface area (Å²) in [5.74, 6) is 5.52. The lowest BCUT2D eigenvalue weighted by Crippen LogP contribution is -2.44.